The predicted molar refractivity (Wildman–Crippen MR) is 64.2 cm³/mol. The summed E-state index contributed by atoms with van der Waals surface area (Å²) < 4.78 is 41.7. The fourth-order valence-electron chi connectivity index (χ4n) is 1.62. The third-order valence-corrected chi connectivity index (χ3v) is 4.20. The molecule has 2 rings (SSSR count). The Morgan fingerprint density at radius 1 is 1.32 bits per heavy atom. The molecule has 1 aromatic carbocycles. The van der Waals surface area contributed by atoms with Gasteiger partial charge >= 0.3 is 12.1 Å². The highest BCUT2D eigenvalue weighted by atomic mass is 35.5. The topological polar surface area (TPSA) is 26.3 Å². The lowest BCUT2D eigenvalue weighted by atomic mass is 10.1. The van der Waals surface area contributed by atoms with Crippen LogP contribution in [0.25, 0.3) is 0 Å². The average molecular weight is 313 g/mol. The maximum absolute atomic E-state index is 12.7. The summed E-state index contributed by atoms with van der Waals surface area (Å²) in [6, 6.07) is 4.48. The van der Waals surface area contributed by atoms with Gasteiger partial charge in [-0.15, -0.1) is 23.2 Å². The molecule has 0 saturated heterocycles. The van der Waals surface area contributed by atoms with Gasteiger partial charge in [-0.05, 0) is 19.1 Å². The van der Waals surface area contributed by atoms with Crippen molar-refractivity contribution in [2.45, 2.75) is 23.9 Å². The Morgan fingerprint density at radius 2 is 1.84 bits per heavy atom. The highest BCUT2D eigenvalue weighted by Gasteiger charge is 2.69. The molecule has 0 aliphatic heterocycles. The number of halogens is 5. The minimum Gasteiger partial charge on any atom is -0.425 e. The van der Waals surface area contributed by atoms with Crippen LogP contribution in [-0.2, 0) is 11.0 Å². The van der Waals surface area contributed by atoms with Gasteiger partial charge in [-0.3, -0.25) is 4.79 Å². The SMILES string of the molecule is CC1(C(=O)Oc2ccccc2C(F)(F)F)CC1(Cl)Cl. The van der Waals surface area contributed by atoms with Gasteiger partial charge in [0.2, 0.25) is 0 Å². The van der Waals surface area contributed by atoms with E-state index in [1.807, 2.05) is 0 Å². The van der Waals surface area contributed by atoms with E-state index in [-0.39, 0.29) is 6.42 Å². The predicted octanol–water partition coefficient (Wildman–Crippen LogP) is 4.19. The van der Waals surface area contributed by atoms with Gasteiger partial charge in [0.05, 0.1) is 5.56 Å². The van der Waals surface area contributed by atoms with Crippen LogP contribution in [0.3, 0.4) is 0 Å². The third kappa shape index (κ3) is 2.54. The third-order valence-electron chi connectivity index (χ3n) is 3.10. The number of ether oxygens (including phenoxy) is 1. The lowest BCUT2D eigenvalue weighted by molar-refractivity contribution is -0.145. The van der Waals surface area contributed by atoms with Crippen LogP contribution in [0.1, 0.15) is 18.9 Å². The second-order valence-corrected chi connectivity index (χ2v) is 6.08. The van der Waals surface area contributed by atoms with E-state index in [1.54, 1.807) is 0 Å². The van der Waals surface area contributed by atoms with Gasteiger partial charge in [0.1, 0.15) is 15.5 Å². The van der Waals surface area contributed by atoms with Crippen molar-refractivity contribution in [1.29, 1.82) is 0 Å². The number of carbonyl (C=O) groups excluding carboxylic acids is 1. The first-order valence-corrected chi connectivity index (χ1v) is 6.10. The number of hydrogen-bond donors (Lipinski definition) is 0. The van der Waals surface area contributed by atoms with E-state index < -0.39 is 33.2 Å². The van der Waals surface area contributed by atoms with E-state index in [0.29, 0.717) is 0 Å². The second kappa shape index (κ2) is 4.28. The highest BCUT2D eigenvalue weighted by molar-refractivity contribution is 6.53. The first-order valence-electron chi connectivity index (χ1n) is 5.34. The van der Waals surface area contributed by atoms with E-state index in [2.05, 4.69) is 0 Å². The molecule has 2 nitrogen and oxygen atoms in total. The molecule has 19 heavy (non-hydrogen) atoms. The standard InChI is InChI=1S/C12H9Cl2F3O2/c1-10(6-11(10,13)14)9(18)19-8-5-3-2-4-7(8)12(15,16)17/h2-5H,6H2,1H3. The molecule has 0 amide bonds. The molecule has 0 radical (unpaired) electrons. The van der Waals surface area contributed by atoms with Crippen LogP contribution in [0.5, 0.6) is 5.75 Å². The number of para-hydroxylation sites is 1. The summed E-state index contributed by atoms with van der Waals surface area (Å²) in [6.07, 6.45) is -4.45. The van der Waals surface area contributed by atoms with Crippen LogP contribution in [0, 0.1) is 5.41 Å². The number of rotatable bonds is 2. The second-order valence-electron chi connectivity index (χ2n) is 4.60. The number of alkyl halides is 5. The van der Waals surface area contributed by atoms with Crippen molar-refractivity contribution >= 4 is 29.2 Å². The first-order chi connectivity index (χ1) is 8.58. The summed E-state index contributed by atoms with van der Waals surface area (Å²) in [5.74, 6) is -1.41. The van der Waals surface area contributed by atoms with Crippen molar-refractivity contribution < 1.29 is 22.7 Å². The lowest BCUT2D eigenvalue weighted by Crippen LogP contribution is -2.25. The highest BCUT2D eigenvalue weighted by Crippen LogP contribution is 2.64. The summed E-state index contributed by atoms with van der Waals surface area (Å²) in [5.41, 5.74) is -2.18. The maximum Gasteiger partial charge on any atom is 0.419 e. The van der Waals surface area contributed by atoms with E-state index in [9.17, 15) is 18.0 Å². The normalized spacial score (nSPS) is 24.9. The lowest BCUT2D eigenvalue weighted by Gasteiger charge is -2.15. The molecule has 1 aliphatic rings. The molecular formula is C12H9Cl2F3O2. The molecule has 104 valence electrons. The van der Waals surface area contributed by atoms with Crippen molar-refractivity contribution in [3.05, 3.63) is 29.8 Å². The van der Waals surface area contributed by atoms with Gasteiger partial charge in [-0.1, -0.05) is 12.1 Å². The molecular weight excluding hydrogens is 304 g/mol. The summed E-state index contributed by atoms with van der Waals surface area (Å²) >= 11 is 11.6. The molecule has 1 unspecified atom stereocenters. The number of benzene rings is 1. The number of esters is 1. The van der Waals surface area contributed by atoms with Crippen molar-refractivity contribution in [1.82, 2.24) is 0 Å². The Labute approximate surface area is 117 Å². The van der Waals surface area contributed by atoms with Gasteiger partial charge in [0.25, 0.3) is 0 Å². The van der Waals surface area contributed by atoms with Gasteiger partial charge < -0.3 is 4.74 Å². The zero-order valence-corrected chi connectivity index (χ0v) is 11.2. The van der Waals surface area contributed by atoms with E-state index in [1.165, 1.54) is 19.1 Å². The van der Waals surface area contributed by atoms with Crippen LogP contribution in [0.4, 0.5) is 13.2 Å². The summed E-state index contributed by atoms with van der Waals surface area (Å²) in [7, 11) is 0. The van der Waals surface area contributed by atoms with E-state index in [0.717, 1.165) is 12.1 Å². The Hall–Kier alpha value is -0.940. The largest absolute Gasteiger partial charge is 0.425 e. The van der Waals surface area contributed by atoms with Gasteiger partial charge in [-0.25, -0.2) is 0 Å². The summed E-state index contributed by atoms with van der Waals surface area (Å²) in [6.45, 7) is 1.45. The molecule has 1 atom stereocenters. The maximum atomic E-state index is 12.7. The molecule has 1 aromatic rings. The molecule has 1 aliphatic carbocycles. The molecule has 0 bridgehead atoms. The van der Waals surface area contributed by atoms with Gasteiger partial charge in [-0.2, -0.15) is 13.2 Å². The Balaban J connectivity index is 2.24. The minimum atomic E-state index is -4.60. The monoisotopic (exact) mass is 312 g/mol. The van der Waals surface area contributed by atoms with Crippen molar-refractivity contribution in [2.75, 3.05) is 0 Å². The zero-order chi connectivity index (χ0) is 14.5. The Kier molecular flexibility index (Phi) is 3.26. The van der Waals surface area contributed by atoms with Crippen molar-refractivity contribution in [2.24, 2.45) is 5.41 Å². The summed E-state index contributed by atoms with van der Waals surface area (Å²) in [4.78, 5) is 11.8. The van der Waals surface area contributed by atoms with E-state index in [4.69, 9.17) is 27.9 Å². The van der Waals surface area contributed by atoms with Crippen molar-refractivity contribution in [3.63, 3.8) is 0 Å². The van der Waals surface area contributed by atoms with Crippen LogP contribution in [-0.4, -0.2) is 10.3 Å². The zero-order valence-electron chi connectivity index (χ0n) is 9.72. The molecule has 1 fully saturated rings. The Morgan fingerprint density at radius 3 is 2.32 bits per heavy atom. The molecule has 0 spiro atoms. The fraction of sp³-hybridized carbons (Fsp3) is 0.417. The van der Waals surface area contributed by atoms with Crippen LogP contribution >= 0.6 is 23.2 Å². The smallest absolute Gasteiger partial charge is 0.419 e. The van der Waals surface area contributed by atoms with Gasteiger partial charge in [0.15, 0.2) is 0 Å². The Bertz CT molecular complexity index is 528. The fourth-order valence-corrected chi connectivity index (χ4v) is 2.31. The van der Waals surface area contributed by atoms with Crippen molar-refractivity contribution in [3.8, 4) is 5.75 Å². The van der Waals surface area contributed by atoms with E-state index >= 15 is 0 Å². The number of hydrogen-bond acceptors (Lipinski definition) is 2. The quantitative estimate of drug-likeness (QED) is 0.465. The molecule has 7 heteroatoms. The molecule has 0 N–H and O–H groups in total. The van der Waals surface area contributed by atoms with Crippen LogP contribution in [0.2, 0.25) is 0 Å². The minimum absolute atomic E-state index is 0.149. The number of carbonyl (C=O) groups is 1. The average Bonchev–Trinajstić information content (AvgIpc) is 2.79. The molecule has 1 saturated carbocycles. The van der Waals surface area contributed by atoms with Crippen LogP contribution in [0.15, 0.2) is 24.3 Å². The molecule has 0 aromatic heterocycles. The van der Waals surface area contributed by atoms with Crippen LogP contribution < -0.4 is 4.74 Å². The first kappa shape index (κ1) is 14.5. The summed E-state index contributed by atoms with van der Waals surface area (Å²) in [5, 5.41) is 0. The van der Waals surface area contributed by atoms with Gasteiger partial charge in [0, 0.05) is 6.42 Å². The molecule has 0 heterocycles.